The Morgan fingerprint density at radius 2 is 1.37 bits per heavy atom. The highest BCUT2D eigenvalue weighted by molar-refractivity contribution is 6.58. The van der Waals surface area contributed by atoms with Gasteiger partial charge in [0.25, 0.3) is 0 Å². The van der Waals surface area contributed by atoms with Gasteiger partial charge in [-0.1, -0.05) is 26.0 Å². The van der Waals surface area contributed by atoms with Gasteiger partial charge in [-0.3, -0.25) is 0 Å². The predicted octanol–water partition coefficient (Wildman–Crippen LogP) is 8.33. The van der Waals surface area contributed by atoms with Crippen molar-refractivity contribution >= 4 is 30.0 Å². The molecular weight excluding hydrogens is 570 g/mol. The fraction of sp³-hybridized carbons (Fsp3) is 0.281. The van der Waals surface area contributed by atoms with Gasteiger partial charge in [-0.2, -0.15) is 0 Å². The van der Waals surface area contributed by atoms with Crippen LogP contribution in [-0.2, 0) is 6.42 Å². The van der Waals surface area contributed by atoms with E-state index in [1.54, 1.807) is 19.9 Å². The van der Waals surface area contributed by atoms with E-state index in [-0.39, 0.29) is 34.8 Å². The van der Waals surface area contributed by atoms with Crippen molar-refractivity contribution in [2.75, 3.05) is 19.0 Å². The molecule has 0 spiro atoms. The standard InChI is InChI=1S/C32H31BF7N3/c1-8-21-16(3)31-25(24-26(34)28(36)30(38)29(37)27(24)35)32-17(4)22(9-2)23(43(32)33(39,40)42(31)18(21)5)15-12-19-10-13-20(14-11-19)41(6)7/h10-15H,8-9H2,1-7H3/b15-12+. The van der Waals surface area contributed by atoms with Crippen LogP contribution in [0.25, 0.3) is 11.6 Å². The molecule has 3 heterocycles. The van der Waals surface area contributed by atoms with Crippen molar-refractivity contribution in [1.29, 1.82) is 0 Å². The van der Waals surface area contributed by atoms with Crippen molar-refractivity contribution < 1.29 is 35.1 Å². The van der Waals surface area contributed by atoms with Gasteiger partial charge in [-0.15, -0.1) is 0 Å². The summed E-state index contributed by atoms with van der Waals surface area (Å²) >= 11 is 0. The second-order valence-corrected chi connectivity index (χ2v) is 11.0. The average molecular weight is 601 g/mol. The lowest BCUT2D eigenvalue weighted by Gasteiger charge is -2.34. The lowest BCUT2D eigenvalue weighted by molar-refractivity contribution is -0.362. The van der Waals surface area contributed by atoms with E-state index in [0.29, 0.717) is 23.1 Å². The maximum Gasteiger partial charge on any atom is 0.737 e. The summed E-state index contributed by atoms with van der Waals surface area (Å²) in [4.78, 5) is 1.92. The molecule has 11 heteroatoms. The molecule has 226 valence electrons. The first kappa shape index (κ1) is 30.4. The molecule has 0 N–H and O–H groups in total. The van der Waals surface area contributed by atoms with E-state index in [2.05, 4.69) is 0 Å². The Morgan fingerprint density at radius 1 is 0.814 bits per heavy atom. The number of rotatable bonds is 6. The molecule has 0 radical (unpaired) electrons. The third-order valence-corrected chi connectivity index (χ3v) is 8.57. The van der Waals surface area contributed by atoms with Crippen molar-refractivity contribution in [1.82, 2.24) is 4.48 Å². The summed E-state index contributed by atoms with van der Waals surface area (Å²) in [5.74, 6) is -10.7. The Hall–Kier alpha value is -4.02. The van der Waals surface area contributed by atoms with Crippen LogP contribution in [0, 0.1) is 42.9 Å². The minimum absolute atomic E-state index is 0.0903. The quantitative estimate of drug-likeness (QED) is 0.120. The maximum atomic E-state index is 16.9. The smallest absolute Gasteiger partial charge is 0.393 e. The maximum absolute atomic E-state index is 16.9. The van der Waals surface area contributed by atoms with E-state index < -0.39 is 47.2 Å². The highest BCUT2D eigenvalue weighted by Gasteiger charge is 2.58. The van der Waals surface area contributed by atoms with Crippen LogP contribution < -0.4 is 4.90 Å². The fourth-order valence-electron chi connectivity index (χ4n) is 6.51. The van der Waals surface area contributed by atoms with Gasteiger partial charge in [0, 0.05) is 42.7 Å². The van der Waals surface area contributed by atoms with Crippen LogP contribution in [0.15, 0.2) is 47.2 Å². The first-order valence-corrected chi connectivity index (χ1v) is 14.0. The third-order valence-electron chi connectivity index (χ3n) is 8.57. The molecule has 1 aromatic heterocycles. The lowest BCUT2D eigenvalue weighted by atomic mass is 9.83. The number of anilines is 1. The molecule has 0 saturated heterocycles. The van der Waals surface area contributed by atoms with E-state index in [9.17, 15) is 13.2 Å². The zero-order valence-corrected chi connectivity index (χ0v) is 24.9. The molecule has 0 aliphatic carbocycles. The number of benzene rings is 2. The number of aromatic nitrogens is 1. The molecule has 2 aliphatic rings. The second kappa shape index (κ2) is 10.6. The largest absolute Gasteiger partial charge is 0.737 e. The summed E-state index contributed by atoms with van der Waals surface area (Å²) in [6.45, 7) is 3.39. The van der Waals surface area contributed by atoms with Crippen molar-refractivity contribution in [3.63, 3.8) is 0 Å². The Kier molecular flexibility index (Phi) is 7.51. The first-order chi connectivity index (χ1) is 20.2. The number of hydrogen-bond acceptors (Lipinski definition) is 1. The summed E-state index contributed by atoms with van der Waals surface area (Å²) in [5.41, 5.74) is 1.24. The Bertz CT molecular complexity index is 1780. The molecule has 0 saturated carbocycles. The number of allylic oxidation sites excluding steroid dienone is 3. The highest BCUT2D eigenvalue weighted by atomic mass is 19.2. The Labute approximate surface area is 246 Å². The molecule has 0 unspecified atom stereocenters. The van der Waals surface area contributed by atoms with Crippen LogP contribution in [0.2, 0.25) is 0 Å². The molecule has 0 amide bonds. The summed E-state index contributed by atoms with van der Waals surface area (Å²) in [5, 5.41) is 0. The van der Waals surface area contributed by atoms with Gasteiger partial charge in [-0.05, 0) is 74.2 Å². The van der Waals surface area contributed by atoms with E-state index in [1.165, 1.54) is 26.8 Å². The van der Waals surface area contributed by atoms with Crippen LogP contribution in [0.5, 0.6) is 0 Å². The van der Waals surface area contributed by atoms with Gasteiger partial charge in [0.2, 0.25) is 5.82 Å². The molecule has 5 rings (SSSR count). The van der Waals surface area contributed by atoms with Crippen LogP contribution in [0.1, 0.15) is 60.8 Å². The zero-order chi connectivity index (χ0) is 31.7. The van der Waals surface area contributed by atoms with Gasteiger partial charge in [-0.25, -0.2) is 22.0 Å². The van der Waals surface area contributed by atoms with Crippen LogP contribution in [-0.4, -0.2) is 35.7 Å². The molecule has 0 fully saturated rings. The SMILES string of the molecule is CCC1=C(C)C2=C(c3c(F)c(F)c(F)c(F)c3F)c3c(C)c(CC)c(C)n3[B-](F)(F)[N+]2=C1/C=C/c1ccc(N(C)C)cc1. The van der Waals surface area contributed by atoms with Crippen molar-refractivity contribution in [3.05, 3.63) is 110 Å². The average Bonchev–Trinajstić information content (AvgIpc) is 3.41. The molecule has 2 aromatic carbocycles. The van der Waals surface area contributed by atoms with Gasteiger partial charge < -0.3 is 22.5 Å². The molecule has 0 bridgehead atoms. The summed E-state index contributed by atoms with van der Waals surface area (Å²) < 4.78 is 110. The molecule has 43 heavy (non-hydrogen) atoms. The fourth-order valence-corrected chi connectivity index (χ4v) is 6.51. The lowest BCUT2D eigenvalue weighted by Crippen LogP contribution is -2.52. The van der Waals surface area contributed by atoms with Gasteiger partial charge in [0.05, 0.1) is 11.1 Å². The molecule has 3 aromatic rings. The minimum atomic E-state index is -4.66. The normalized spacial score (nSPS) is 16.1. The topological polar surface area (TPSA) is 11.2 Å². The van der Waals surface area contributed by atoms with Gasteiger partial charge >= 0.3 is 6.97 Å². The molecule has 2 aliphatic heterocycles. The highest BCUT2D eigenvalue weighted by Crippen LogP contribution is 2.48. The monoisotopic (exact) mass is 601 g/mol. The summed E-state index contributed by atoms with van der Waals surface area (Å²) in [7, 11) is 3.78. The predicted molar refractivity (Wildman–Crippen MR) is 157 cm³/mol. The van der Waals surface area contributed by atoms with E-state index >= 15 is 17.4 Å². The summed E-state index contributed by atoms with van der Waals surface area (Å²) in [6, 6.07) is 7.39. The van der Waals surface area contributed by atoms with Crippen LogP contribution in [0.3, 0.4) is 0 Å². The Balaban J connectivity index is 1.93. The number of nitrogens with zero attached hydrogens (tertiary/aromatic N) is 3. The summed E-state index contributed by atoms with van der Waals surface area (Å²) in [6.07, 6.45) is 3.77. The van der Waals surface area contributed by atoms with Crippen LogP contribution >= 0.6 is 0 Å². The van der Waals surface area contributed by atoms with Crippen molar-refractivity contribution in [2.24, 2.45) is 0 Å². The van der Waals surface area contributed by atoms with Crippen LogP contribution in [0.4, 0.5) is 36.3 Å². The van der Waals surface area contributed by atoms with E-state index in [4.69, 9.17) is 0 Å². The minimum Gasteiger partial charge on any atom is -0.393 e. The van der Waals surface area contributed by atoms with E-state index in [1.807, 2.05) is 43.3 Å². The Morgan fingerprint density at radius 3 is 1.88 bits per heavy atom. The second-order valence-electron chi connectivity index (χ2n) is 11.0. The molecule has 3 nitrogen and oxygen atoms in total. The molecular formula is C32H31BF7N3. The third kappa shape index (κ3) is 4.30. The van der Waals surface area contributed by atoms with E-state index in [0.717, 1.165) is 20.2 Å². The molecule has 0 atom stereocenters. The van der Waals surface area contributed by atoms with Crippen molar-refractivity contribution in [3.8, 4) is 0 Å². The zero-order valence-electron chi connectivity index (χ0n) is 24.9. The van der Waals surface area contributed by atoms with Gasteiger partial charge in [0.15, 0.2) is 34.7 Å². The number of hydrogen-bond donors (Lipinski definition) is 0. The first-order valence-electron chi connectivity index (χ1n) is 14.0. The number of halogens is 7. The van der Waals surface area contributed by atoms with Gasteiger partial charge in [0.1, 0.15) is 0 Å². The van der Waals surface area contributed by atoms with Crippen molar-refractivity contribution in [2.45, 2.75) is 47.5 Å². The number of fused-ring (bicyclic) bond motifs is 2.